The van der Waals surface area contributed by atoms with Crippen molar-refractivity contribution in [3.8, 4) is 16.9 Å². The molecule has 0 radical (unpaired) electrons. The maximum Gasteiger partial charge on any atom is 0.418 e. The molecule has 1 saturated heterocycles. The molecule has 1 amide bonds. The van der Waals surface area contributed by atoms with Gasteiger partial charge in [-0.1, -0.05) is 17.3 Å². The maximum atomic E-state index is 13.4. The smallest absolute Gasteiger partial charge is 0.418 e. The van der Waals surface area contributed by atoms with E-state index in [1.54, 1.807) is 12.1 Å². The minimum Gasteiger partial charge on any atom is -0.489 e. The van der Waals surface area contributed by atoms with E-state index in [-0.39, 0.29) is 16.9 Å². The Labute approximate surface area is 291 Å². The summed E-state index contributed by atoms with van der Waals surface area (Å²) < 4.78 is 43.2. The van der Waals surface area contributed by atoms with Gasteiger partial charge in [0.05, 0.1) is 18.0 Å². The molecule has 1 aromatic carbocycles. The summed E-state index contributed by atoms with van der Waals surface area (Å²) in [6, 6.07) is 10.9. The van der Waals surface area contributed by atoms with Gasteiger partial charge in [-0.3, -0.25) is 14.1 Å². The number of pyridine rings is 1. The van der Waals surface area contributed by atoms with Gasteiger partial charge in [-0.05, 0) is 37.6 Å². The molecule has 18 nitrogen and oxygen atoms in total. The van der Waals surface area contributed by atoms with E-state index in [1.807, 2.05) is 42.1 Å². The molecule has 2 aromatic heterocycles. The van der Waals surface area contributed by atoms with Crippen molar-refractivity contribution in [2.75, 3.05) is 25.4 Å². The number of aromatic nitrogens is 2. The molecule has 0 saturated carbocycles. The number of carboxylic acids is 1. The van der Waals surface area contributed by atoms with Gasteiger partial charge in [-0.2, -0.15) is 13.5 Å². The van der Waals surface area contributed by atoms with Crippen LogP contribution in [0, 0.1) is 5.92 Å². The lowest BCUT2D eigenvalue weighted by molar-refractivity contribution is -0.679. The monoisotopic (exact) mass is 735 g/mol. The third-order valence-electron chi connectivity index (χ3n) is 7.98. The quantitative estimate of drug-likeness (QED) is 0.0324. The highest BCUT2D eigenvalue weighted by atomic mass is 32.3. The number of carbonyl (C=O) groups excluding carboxylic acids is 2. The number of carboxylic acid groups (broad SMARTS) is 1. The number of oxime groups is 1. The largest absolute Gasteiger partial charge is 0.489 e. The van der Waals surface area contributed by atoms with Gasteiger partial charge < -0.3 is 37.2 Å². The Kier molecular flexibility index (Phi) is 12.2. The molecule has 4 rings (SSSR count). The van der Waals surface area contributed by atoms with Gasteiger partial charge in [0.25, 0.3) is 12.0 Å². The molecule has 1 fully saturated rings. The first-order valence-corrected chi connectivity index (χ1v) is 17.4. The van der Waals surface area contributed by atoms with E-state index >= 15 is 0 Å². The lowest BCUT2D eigenvalue weighted by Gasteiger charge is -2.50. The number of nitrogens with two attached hydrogens (primary N) is 3. The van der Waals surface area contributed by atoms with Gasteiger partial charge in [0.1, 0.15) is 25.1 Å². The van der Waals surface area contributed by atoms with Crippen molar-refractivity contribution in [1.29, 1.82) is 0 Å². The summed E-state index contributed by atoms with van der Waals surface area (Å²) in [5.41, 5.74) is 18.2. The Morgan fingerprint density at radius 2 is 1.82 bits per heavy atom. The SMILES string of the molecule is C[n+]1cc(-c2ccc(OC[C@H](O/N=C(\C(=O)C[C@@H]3C(=O)N(OS(=O)(=O)O)C3(C)C)c3csc(N)n3)C(=O)O)cc2)ccc1CNC(CN)CN. The van der Waals surface area contributed by atoms with Gasteiger partial charge in [0, 0.05) is 42.6 Å². The summed E-state index contributed by atoms with van der Waals surface area (Å²) in [5, 5.41) is 18.8. The van der Waals surface area contributed by atoms with E-state index in [0.717, 1.165) is 28.2 Å². The van der Waals surface area contributed by atoms with Crippen LogP contribution >= 0.6 is 11.3 Å². The number of β-lactam (4-membered cyclic amide) rings is 1. The summed E-state index contributed by atoms with van der Waals surface area (Å²) >= 11 is 0.984. The number of thiazole rings is 1. The van der Waals surface area contributed by atoms with Crippen LogP contribution < -0.4 is 31.8 Å². The number of aliphatic carboxylic acids is 1. The van der Waals surface area contributed by atoms with Crippen LogP contribution in [0.4, 0.5) is 5.13 Å². The number of nitrogens with zero attached hydrogens (tertiary/aromatic N) is 4. The fourth-order valence-electron chi connectivity index (χ4n) is 4.97. The number of hydroxylamine groups is 2. The van der Waals surface area contributed by atoms with Crippen molar-refractivity contribution in [3.63, 3.8) is 0 Å². The van der Waals surface area contributed by atoms with Crippen LogP contribution in [0.2, 0.25) is 0 Å². The summed E-state index contributed by atoms with van der Waals surface area (Å²) in [6.07, 6.45) is -0.191. The molecule has 0 aliphatic carbocycles. The predicted octanol–water partition coefficient (Wildman–Crippen LogP) is -0.224. The van der Waals surface area contributed by atoms with Gasteiger partial charge in [-0.25, -0.2) is 14.3 Å². The summed E-state index contributed by atoms with van der Waals surface area (Å²) in [4.78, 5) is 47.2. The minimum atomic E-state index is -4.99. The Morgan fingerprint density at radius 1 is 1.16 bits per heavy atom. The highest BCUT2D eigenvalue weighted by molar-refractivity contribution is 7.80. The predicted molar refractivity (Wildman–Crippen MR) is 180 cm³/mol. The van der Waals surface area contributed by atoms with Crippen LogP contribution in [0.5, 0.6) is 5.75 Å². The van der Waals surface area contributed by atoms with Crippen molar-refractivity contribution in [3.05, 3.63) is 59.4 Å². The zero-order valence-electron chi connectivity index (χ0n) is 27.4. The highest BCUT2D eigenvalue weighted by Gasteiger charge is 2.57. The van der Waals surface area contributed by atoms with Crippen LogP contribution in [-0.4, -0.2) is 88.9 Å². The normalized spacial score (nSPS) is 16.6. The lowest BCUT2D eigenvalue weighted by atomic mass is 9.74. The molecular weight excluding hydrogens is 697 g/mol. The van der Waals surface area contributed by atoms with E-state index in [1.165, 1.54) is 19.2 Å². The summed E-state index contributed by atoms with van der Waals surface area (Å²) in [7, 11) is -3.07. The number of amides is 1. The van der Waals surface area contributed by atoms with E-state index in [9.17, 15) is 27.9 Å². The molecule has 0 unspecified atom stereocenters. The molecule has 3 heterocycles. The summed E-state index contributed by atoms with van der Waals surface area (Å²) in [5.74, 6) is -3.83. The second kappa shape index (κ2) is 16.0. The Hall–Kier alpha value is -4.57. The molecule has 1 aliphatic heterocycles. The van der Waals surface area contributed by atoms with Gasteiger partial charge >= 0.3 is 16.4 Å². The zero-order valence-corrected chi connectivity index (χ0v) is 29.0. The number of anilines is 1. The number of benzene rings is 1. The Balaban J connectivity index is 1.42. The number of nitrogens with one attached hydrogen (secondary N) is 1. The minimum absolute atomic E-state index is 0.0196. The summed E-state index contributed by atoms with van der Waals surface area (Å²) in [6.45, 7) is 3.83. The molecule has 3 aromatic rings. The van der Waals surface area contributed by atoms with Crippen LogP contribution in [-0.2, 0) is 47.5 Å². The van der Waals surface area contributed by atoms with Crippen molar-refractivity contribution >= 4 is 50.2 Å². The molecule has 20 heteroatoms. The van der Waals surface area contributed by atoms with Crippen LogP contribution in [0.3, 0.4) is 0 Å². The topological polar surface area (TPSA) is 276 Å². The second-order valence-electron chi connectivity index (χ2n) is 11.8. The fraction of sp³-hybridized carbons (Fsp3) is 0.400. The first-order valence-electron chi connectivity index (χ1n) is 15.1. The maximum absolute atomic E-state index is 13.4. The first-order chi connectivity index (χ1) is 23.5. The molecule has 2 atom stereocenters. The second-order valence-corrected chi connectivity index (χ2v) is 13.7. The molecule has 9 N–H and O–H groups in total. The third-order valence-corrected chi connectivity index (χ3v) is 8.99. The molecule has 0 bridgehead atoms. The zero-order chi connectivity index (χ0) is 36.8. The number of ketones is 1. The first kappa shape index (κ1) is 38.2. The van der Waals surface area contributed by atoms with Gasteiger partial charge in [-0.15, -0.1) is 15.6 Å². The number of hydrogen-bond acceptors (Lipinski definition) is 15. The van der Waals surface area contributed by atoms with Crippen molar-refractivity contribution in [2.24, 2.45) is 29.6 Å². The highest BCUT2D eigenvalue weighted by Crippen LogP contribution is 2.40. The number of rotatable bonds is 18. The molecule has 0 spiro atoms. The number of aryl methyl sites for hydroxylation is 1. The fourth-order valence-corrected chi connectivity index (χ4v) is 5.97. The number of Topliss-reactive ketones (excluding diaryl/α,β-unsaturated/α-hetero) is 1. The lowest BCUT2D eigenvalue weighted by Crippen LogP contribution is -2.68. The number of ether oxygens (including phenoxy) is 1. The van der Waals surface area contributed by atoms with E-state index in [4.69, 9.17) is 31.3 Å². The van der Waals surface area contributed by atoms with E-state index in [0.29, 0.717) is 30.4 Å². The molecule has 1 aliphatic rings. The third kappa shape index (κ3) is 9.35. The van der Waals surface area contributed by atoms with E-state index < -0.39 is 64.4 Å². The Morgan fingerprint density at radius 3 is 2.36 bits per heavy atom. The molecule has 270 valence electrons. The van der Waals surface area contributed by atoms with Gasteiger partial charge in [0.15, 0.2) is 28.5 Å². The number of nitrogen functional groups attached to an aromatic ring is 1. The average molecular weight is 736 g/mol. The van der Waals surface area contributed by atoms with Crippen LogP contribution in [0.1, 0.15) is 31.7 Å². The van der Waals surface area contributed by atoms with Crippen molar-refractivity contribution in [1.82, 2.24) is 15.4 Å². The van der Waals surface area contributed by atoms with Crippen molar-refractivity contribution < 1.29 is 50.9 Å². The Bertz CT molecular complexity index is 1850. The number of carbonyl (C=O) groups is 3. The molecular formula is C30H39N8O10S2+. The average Bonchev–Trinajstić information content (AvgIpc) is 3.50. The van der Waals surface area contributed by atoms with Crippen molar-refractivity contribution in [2.45, 2.75) is 44.5 Å². The van der Waals surface area contributed by atoms with Gasteiger partial charge in [0.2, 0.25) is 0 Å². The van der Waals surface area contributed by atoms with Crippen LogP contribution in [0.25, 0.3) is 11.1 Å². The van der Waals surface area contributed by atoms with E-state index in [2.05, 4.69) is 19.7 Å². The van der Waals surface area contributed by atoms with Crippen LogP contribution in [0.15, 0.2) is 53.1 Å². The number of hydrogen-bond donors (Lipinski definition) is 6. The molecule has 50 heavy (non-hydrogen) atoms. The standard InChI is InChI=1S/C30H38N8O10S2/c1-30(2)22(27(40)38(30)48-50(43,44)45)10-24(39)26(23-16-49-29(33)35-23)36-47-25(28(41)42)15-46-21-8-5-17(6-9-21)18-4-7-20(37(3)14-18)13-34-19(11-31)12-32/h4-9,14,16,19,22,25,34H,10-13,15,31-32H2,1-3H3,(H3-,33,35,41,42,43,44,45)/p+1/b36-26-/t22-,25+/m1/s1.